The second-order valence-electron chi connectivity index (χ2n) is 21.8. The van der Waals surface area contributed by atoms with Crippen molar-refractivity contribution in [3.8, 4) is 0 Å². The maximum atomic E-state index is 11.4. The Kier molecular flexibility index (Phi) is 23.2. The van der Waals surface area contributed by atoms with Crippen molar-refractivity contribution >= 4 is 67.3 Å². The third-order valence-electron chi connectivity index (χ3n) is 16.7. The van der Waals surface area contributed by atoms with Crippen LogP contribution in [0.5, 0.6) is 0 Å². The topological polar surface area (TPSA) is 126 Å². The van der Waals surface area contributed by atoms with Gasteiger partial charge in [0.1, 0.15) is 23.5 Å². The summed E-state index contributed by atoms with van der Waals surface area (Å²) in [5.41, 5.74) is 3.01. The molecule has 66 heavy (non-hydrogen) atoms. The summed E-state index contributed by atoms with van der Waals surface area (Å²) in [6.45, 7) is 28.4. The Morgan fingerprint density at radius 3 is 1.08 bits per heavy atom. The molecule has 16 heteroatoms. The van der Waals surface area contributed by atoms with E-state index in [1.54, 1.807) is 9.80 Å². The predicted octanol–water partition coefficient (Wildman–Crippen LogP) is 5.50. The molecule has 0 radical (unpaired) electrons. The van der Waals surface area contributed by atoms with Crippen LogP contribution in [0.2, 0.25) is 0 Å². The second kappa shape index (κ2) is 26.8. The van der Waals surface area contributed by atoms with E-state index >= 15 is 0 Å². The quantitative estimate of drug-likeness (QED) is 0.0601. The fourth-order valence-electron chi connectivity index (χ4n) is 12.6. The van der Waals surface area contributed by atoms with Gasteiger partial charge in [-0.1, -0.05) is 113 Å². The molecule has 4 aliphatic rings. The lowest BCUT2D eigenvalue weighted by Crippen LogP contribution is -3.13. The summed E-state index contributed by atoms with van der Waals surface area (Å²) < 4.78 is 64.3. The number of nitrogens with one attached hydrogen (secondary N) is 4. The average Bonchev–Trinajstić information content (AvgIpc) is 4.03. The van der Waals surface area contributed by atoms with Gasteiger partial charge in [0.05, 0.1) is 82.9 Å². The van der Waals surface area contributed by atoms with Crippen molar-refractivity contribution in [3.63, 3.8) is 0 Å². The smallest absolute Gasteiger partial charge is 0.265 e. The molecular weight excluding hydrogens is 945 g/mol. The van der Waals surface area contributed by atoms with E-state index in [4.69, 9.17) is 0 Å². The Labute approximate surface area is 420 Å². The number of rotatable bonds is 28. The first-order valence-corrected chi connectivity index (χ1v) is 33.5. The summed E-state index contributed by atoms with van der Waals surface area (Å²) >= 11 is 8.54. The van der Waals surface area contributed by atoms with Crippen LogP contribution in [0.25, 0.3) is 0 Å². The molecule has 5 rings (SSSR count). The lowest BCUT2D eigenvalue weighted by Gasteiger charge is -2.30. The monoisotopic (exact) mass is 1040 g/mol. The molecule has 0 spiro atoms. The molecule has 10 nitrogen and oxygen atoms in total. The Balaban J connectivity index is 1.31. The summed E-state index contributed by atoms with van der Waals surface area (Å²) in [5, 5.41) is 2.45. The zero-order chi connectivity index (χ0) is 48.3. The zero-order valence-corrected chi connectivity index (χ0v) is 47.4. The fraction of sp³-hybridized carbons (Fsp3) is 0.880. The number of quaternary nitrogens is 4. The molecule has 1 aromatic carbocycles. The Hall–Kier alpha value is 0.280. The molecule has 0 aromatic heterocycles. The normalized spacial score (nSPS) is 33.5. The molecule has 1 aromatic rings. The molecule has 18 atom stereocenters. The van der Waals surface area contributed by atoms with Crippen LogP contribution in [0.1, 0.15) is 156 Å². The van der Waals surface area contributed by atoms with E-state index in [2.05, 4.69) is 141 Å². The largest absolute Gasteiger partial charge is 0.323 e. The van der Waals surface area contributed by atoms with Crippen molar-refractivity contribution in [2.75, 3.05) is 61.2 Å². The summed E-state index contributed by atoms with van der Waals surface area (Å²) in [5.74, 6) is 7.56. The predicted molar refractivity (Wildman–Crippen MR) is 285 cm³/mol. The van der Waals surface area contributed by atoms with E-state index < -0.39 is 20.2 Å². The third-order valence-corrected chi connectivity index (χ3v) is 25.5. The molecule has 4 heterocycles. The number of thioether (sulfide) groups is 4. The number of benzene rings is 1. The van der Waals surface area contributed by atoms with Gasteiger partial charge in [-0.05, 0) is 126 Å². The van der Waals surface area contributed by atoms with Crippen molar-refractivity contribution in [3.05, 3.63) is 35.4 Å². The lowest BCUT2D eigenvalue weighted by atomic mass is 9.79. The zero-order valence-electron chi connectivity index (χ0n) is 42.5. The van der Waals surface area contributed by atoms with Crippen LogP contribution < -0.4 is 19.6 Å². The highest BCUT2D eigenvalue weighted by atomic mass is 32.2. The molecule has 0 saturated carbocycles. The van der Waals surface area contributed by atoms with Gasteiger partial charge in [0.15, 0.2) is 0 Å². The van der Waals surface area contributed by atoms with Gasteiger partial charge in [0.2, 0.25) is 0 Å². The molecule has 0 bridgehead atoms. The van der Waals surface area contributed by atoms with Crippen molar-refractivity contribution in [1.82, 2.24) is 0 Å². The maximum absolute atomic E-state index is 11.4. The highest BCUT2D eigenvalue weighted by molar-refractivity contribution is 8.00. The van der Waals surface area contributed by atoms with Gasteiger partial charge >= 0.3 is 0 Å². The molecule has 4 fully saturated rings. The van der Waals surface area contributed by atoms with Gasteiger partial charge in [-0.25, -0.2) is 0 Å². The van der Waals surface area contributed by atoms with Gasteiger partial charge in [0.25, 0.3) is 20.2 Å². The first-order valence-electron chi connectivity index (χ1n) is 26.1. The highest BCUT2D eigenvalue weighted by Crippen LogP contribution is 2.41. The molecular formula is C50H94N4O6S6+4. The summed E-state index contributed by atoms with van der Waals surface area (Å²) in [6.07, 6.45) is 10.6. The first-order chi connectivity index (χ1) is 31.2. The summed E-state index contributed by atoms with van der Waals surface area (Å²) in [7, 11) is -7.84. The van der Waals surface area contributed by atoms with Crippen LogP contribution in [0.3, 0.4) is 0 Å². The molecule has 18 unspecified atom stereocenters. The van der Waals surface area contributed by atoms with E-state index in [-0.39, 0.29) is 11.5 Å². The maximum Gasteiger partial charge on any atom is 0.265 e. The minimum atomic E-state index is -3.92. The van der Waals surface area contributed by atoms with Crippen molar-refractivity contribution in [2.45, 2.75) is 190 Å². The molecule has 0 aliphatic carbocycles. The molecule has 4 saturated heterocycles. The van der Waals surface area contributed by atoms with Crippen LogP contribution in [0.15, 0.2) is 24.3 Å². The SMILES string of the molecule is CCC[NH+]1CSC(C(C)CC(CCC(C)C2SC[NH+](CCCS(=O)(=O)O)C2C)c2ccc(C(CCC(C)C3SC[NH+](CCCS(=O)(=O)O)C3C)CC(C)C3SC[NH+](CCC)C3C)cc2)C1C. The van der Waals surface area contributed by atoms with Crippen LogP contribution in [0, 0.1) is 23.7 Å². The van der Waals surface area contributed by atoms with E-state index in [1.165, 1.54) is 97.1 Å². The van der Waals surface area contributed by atoms with Gasteiger partial charge in [-0.3, -0.25) is 9.11 Å². The van der Waals surface area contributed by atoms with E-state index in [0.29, 0.717) is 93.5 Å². The van der Waals surface area contributed by atoms with Gasteiger partial charge in [-0.2, -0.15) is 16.8 Å². The Morgan fingerprint density at radius 1 is 0.500 bits per heavy atom. The summed E-state index contributed by atoms with van der Waals surface area (Å²) in [4.78, 5) is 6.44. The van der Waals surface area contributed by atoms with Crippen molar-refractivity contribution in [2.24, 2.45) is 23.7 Å². The molecule has 382 valence electrons. The van der Waals surface area contributed by atoms with Gasteiger partial charge < -0.3 is 19.6 Å². The number of hydrogen-bond donors (Lipinski definition) is 6. The standard InChI is InChI=1S/C50H90N4O6S6/c1-11-23-51-31-63-49(41(51)9)37(5)29-45(17-15-35(3)47-39(7)53(33-61-47)25-13-27-65(55,56)57)43-19-21-44(22-20-43)46(30-38(6)50-42(10)52(24-12-2)32-64-50)18-16-36(4)48-40(8)54(34-62-48)26-14-28-66(58,59)60/h19-22,35-42,45-50H,11-18,23-34H2,1-10H3,(H,55,56,57)(H,58,59,60)/p+4. The van der Waals surface area contributed by atoms with Gasteiger partial charge in [-0.15, -0.1) is 0 Å². The second-order valence-corrected chi connectivity index (χ2v) is 29.6. The molecule has 0 amide bonds. The molecule has 4 aliphatic heterocycles. The van der Waals surface area contributed by atoms with Crippen molar-refractivity contribution < 1.29 is 45.5 Å². The minimum Gasteiger partial charge on any atom is -0.323 e. The van der Waals surface area contributed by atoms with Crippen LogP contribution in [-0.4, -0.2) is 132 Å². The third kappa shape index (κ3) is 16.7. The Bertz CT molecular complexity index is 1680. The number of hydrogen-bond acceptors (Lipinski definition) is 8. The van der Waals surface area contributed by atoms with Crippen LogP contribution >= 0.6 is 47.0 Å². The fourth-order valence-corrected chi connectivity index (χ4v) is 20.6. The minimum absolute atomic E-state index is 0.150. The van der Waals surface area contributed by atoms with Crippen LogP contribution in [0.4, 0.5) is 0 Å². The first kappa shape index (κ1) is 57.2. The van der Waals surface area contributed by atoms with Crippen molar-refractivity contribution in [1.29, 1.82) is 0 Å². The average molecular weight is 1040 g/mol. The summed E-state index contributed by atoms with van der Waals surface area (Å²) in [6, 6.07) is 12.4. The van der Waals surface area contributed by atoms with E-state index in [0.717, 1.165) is 24.8 Å². The highest BCUT2D eigenvalue weighted by Gasteiger charge is 2.43. The Morgan fingerprint density at radius 2 is 0.788 bits per heavy atom. The lowest BCUT2D eigenvalue weighted by molar-refractivity contribution is -0.905. The van der Waals surface area contributed by atoms with E-state index in [1.807, 2.05) is 0 Å². The molecule has 6 N–H and O–H groups in total. The van der Waals surface area contributed by atoms with E-state index in [9.17, 15) is 25.9 Å². The van der Waals surface area contributed by atoms with Crippen LogP contribution in [-0.2, 0) is 20.2 Å². The van der Waals surface area contributed by atoms with Gasteiger partial charge in [0, 0.05) is 12.8 Å².